The zero-order valence-electron chi connectivity index (χ0n) is 11.4. The highest BCUT2D eigenvalue weighted by Crippen LogP contribution is 2.41. The zero-order chi connectivity index (χ0) is 12.8. The van der Waals surface area contributed by atoms with Gasteiger partial charge in [-0.15, -0.1) is 0 Å². The molecule has 1 saturated heterocycles. The molecule has 0 saturated carbocycles. The van der Waals surface area contributed by atoms with Crippen molar-refractivity contribution in [1.82, 2.24) is 9.88 Å². The van der Waals surface area contributed by atoms with E-state index in [1.54, 1.807) is 0 Å². The van der Waals surface area contributed by atoms with Crippen molar-refractivity contribution in [1.29, 1.82) is 0 Å². The third-order valence-corrected chi connectivity index (χ3v) is 4.56. The Morgan fingerprint density at radius 2 is 2.37 bits per heavy atom. The van der Waals surface area contributed by atoms with Gasteiger partial charge in [0.05, 0.1) is 6.61 Å². The quantitative estimate of drug-likeness (QED) is 0.895. The summed E-state index contributed by atoms with van der Waals surface area (Å²) in [5, 5.41) is 1.40. The summed E-state index contributed by atoms with van der Waals surface area (Å²) in [7, 11) is 0. The van der Waals surface area contributed by atoms with Crippen LogP contribution in [0.25, 0.3) is 10.9 Å². The van der Waals surface area contributed by atoms with E-state index in [9.17, 15) is 0 Å². The van der Waals surface area contributed by atoms with Crippen LogP contribution < -0.4 is 0 Å². The van der Waals surface area contributed by atoms with Gasteiger partial charge in [0.1, 0.15) is 6.10 Å². The molecule has 2 aliphatic rings. The first kappa shape index (κ1) is 11.5. The second-order valence-corrected chi connectivity index (χ2v) is 5.68. The highest BCUT2D eigenvalue weighted by Gasteiger charge is 2.38. The van der Waals surface area contributed by atoms with Gasteiger partial charge in [0, 0.05) is 35.2 Å². The average molecular weight is 256 g/mol. The second kappa shape index (κ2) is 4.36. The number of fused-ring (bicyclic) bond motifs is 2. The van der Waals surface area contributed by atoms with Crippen LogP contribution in [-0.4, -0.2) is 35.6 Å². The van der Waals surface area contributed by atoms with Crippen LogP contribution in [0.3, 0.4) is 0 Å². The van der Waals surface area contributed by atoms with Crippen molar-refractivity contribution >= 4 is 10.9 Å². The summed E-state index contributed by atoms with van der Waals surface area (Å²) in [5.74, 6) is 0. The number of hydrogen-bond acceptors (Lipinski definition) is 2. The van der Waals surface area contributed by atoms with Gasteiger partial charge in [-0.1, -0.05) is 19.1 Å². The summed E-state index contributed by atoms with van der Waals surface area (Å²) in [6.07, 6.45) is 4.74. The van der Waals surface area contributed by atoms with Crippen LogP contribution in [0.2, 0.25) is 0 Å². The minimum Gasteiger partial charge on any atom is -0.370 e. The smallest absolute Gasteiger partial charge is 0.100 e. The fraction of sp³-hybridized carbons (Fsp3) is 0.500. The summed E-state index contributed by atoms with van der Waals surface area (Å²) in [5.41, 5.74) is 4.09. The molecular weight excluding hydrogens is 236 g/mol. The first-order chi connectivity index (χ1) is 9.38. The third-order valence-electron chi connectivity index (χ3n) is 4.56. The number of hydrogen-bond donors (Lipinski definition) is 1. The van der Waals surface area contributed by atoms with E-state index >= 15 is 0 Å². The lowest BCUT2D eigenvalue weighted by Crippen LogP contribution is -2.49. The predicted octanol–water partition coefficient (Wildman–Crippen LogP) is 2.88. The van der Waals surface area contributed by atoms with E-state index in [1.807, 2.05) is 0 Å². The van der Waals surface area contributed by atoms with Crippen molar-refractivity contribution in [3.05, 3.63) is 35.5 Å². The molecule has 1 aliphatic carbocycles. The number of nitrogens with zero attached hydrogens (tertiary/aromatic N) is 1. The first-order valence-electron chi connectivity index (χ1n) is 7.33. The number of ether oxygens (including phenoxy) is 1. The maximum Gasteiger partial charge on any atom is 0.100 e. The maximum atomic E-state index is 6.10. The molecule has 19 heavy (non-hydrogen) atoms. The van der Waals surface area contributed by atoms with Gasteiger partial charge < -0.3 is 9.72 Å². The molecule has 3 nitrogen and oxygen atoms in total. The molecule has 0 radical (unpaired) electrons. The Bertz CT molecular complexity index is 602. The SMILES string of the molecule is CCCN1CCO[C@@H]2c3c[nH]c4cccc(c34)C[C@H]21. The fourth-order valence-corrected chi connectivity index (χ4v) is 3.77. The monoisotopic (exact) mass is 256 g/mol. The second-order valence-electron chi connectivity index (χ2n) is 5.68. The Balaban J connectivity index is 1.81. The Morgan fingerprint density at radius 1 is 1.42 bits per heavy atom. The molecule has 1 aliphatic heterocycles. The van der Waals surface area contributed by atoms with Crippen LogP contribution in [-0.2, 0) is 11.2 Å². The minimum absolute atomic E-state index is 0.254. The molecule has 1 N–H and O–H groups in total. The number of H-pyrrole nitrogens is 1. The molecule has 2 aromatic rings. The van der Waals surface area contributed by atoms with Crippen molar-refractivity contribution < 1.29 is 4.74 Å². The van der Waals surface area contributed by atoms with Gasteiger partial charge in [0.15, 0.2) is 0 Å². The summed E-state index contributed by atoms with van der Waals surface area (Å²) < 4.78 is 6.10. The topological polar surface area (TPSA) is 28.3 Å². The van der Waals surface area contributed by atoms with Crippen LogP contribution in [0.1, 0.15) is 30.6 Å². The molecule has 0 bridgehead atoms. The molecule has 0 amide bonds. The van der Waals surface area contributed by atoms with E-state index in [4.69, 9.17) is 4.74 Å². The molecule has 0 spiro atoms. The first-order valence-corrected chi connectivity index (χ1v) is 7.33. The predicted molar refractivity (Wildman–Crippen MR) is 76.3 cm³/mol. The maximum absolute atomic E-state index is 6.10. The van der Waals surface area contributed by atoms with E-state index in [2.05, 4.69) is 41.2 Å². The van der Waals surface area contributed by atoms with Crippen LogP contribution in [0.15, 0.2) is 24.4 Å². The normalized spacial score (nSPS) is 26.6. The highest BCUT2D eigenvalue weighted by atomic mass is 16.5. The molecule has 1 fully saturated rings. The largest absolute Gasteiger partial charge is 0.370 e. The lowest BCUT2D eigenvalue weighted by molar-refractivity contribution is -0.0739. The third kappa shape index (κ3) is 1.65. The van der Waals surface area contributed by atoms with E-state index in [1.165, 1.54) is 35.0 Å². The summed E-state index contributed by atoms with van der Waals surface area (Å²) >= 11 is 0. The Kier molecular flexibility index (Phi) is 2.64. The molecule has 0 unspecified atom stereocenters. The molecular formula is C16H20N2O. The fourth-order valence-electron chi connectivity index (χ4n) is 3.77. The Labute approximate surface area is 113 Å². The summed E-state index contributed by atoms with van der Waals surface area (Å²) in [6.45, 7) is 5.37. The minimum atomic E-state index is 0.254. The molecule has 1 aromatic heterocycles. The number of aromatic amines is 1. The van der Waals surface area contributed by atoms with Crippen LogP contribution in [0.4, 0.5) is 0 Å². The van der Waals surface area contributed by atoms with E-state index < -0.39 is 0 Å². The number of aromatic nitrogens is 1. The van der Waals surface area contributed by atoms with Gasteiger partial charge in [-0.2, -0.15) is 0 Å². The van der Waals surface area contributed by atoms with Crippen molar-refractivity contribution in [2.45, 2.75) is 31.9 Å². The highest BCUT2D eigenvalue weighted by molar-refractivity contribution is 5.88. The molecule has 1 aromatic carbocycles. The summed E-state index contributed by atoms with van der Waals surface area (Å²) in [6, 6.07) is 7.11. The van der Waals surface area contributed by atoms with Gasteiger partial charge in [-0.25, -0.2) is 0 Å². The Morgan fingerprint density at radius 3 is 3.26 bits per heavy atom. The van der Waals surface area contributed by atoms with Gasteiger partial charge in [-0.05, 0) is 31.0 Å². The zero-order valence-corrected chi connectivity index (χ0v) is 11.4. The number of nitrogens with one attached hydrogen (secondary N) is 1. The lowest BCUT2D eigenvalue weighted by Gasteiger charge is -2.43. The van der Waals surface area contributed by atoms with E-state index in [0.29, 0.717) is 6.04 Å². The molecule has 2 heterocycles. The average Bonchev–Trinajstić information content (AvgIpc) is 2.87. The molecule has 3 heteroatoms. The van der Waals surface area contributed by atoms with Crippen LogP contribution >= 0.6 is 0 Å². The number of morpholine rings is 1. The van der Waals surface area contributed by atoms with Crippen molar-refractivity contribution in [3.8, 4) is 0 Å². The van der Waals surface area contributed by atoms with Crippen molar-refractivity contribution in [2.75, 3.05) is 19.7 Å². The van der Waals surface area contributed by atoms with Crippen LogP contribution in [0, 0.1) is 0 Å². The van der Waals surface area contributed by atoms with Gasteiger partial charge >= 0.3 is 0 Å². The van der Waals surface area contributed by atoms with E-state index in [-0.39, 0.29) is 6.10 Å². The molecule has 4 rings (SSSR count). The van der Waals surface area contributed by atoms with Crippen molar-refractivity contribution in [2.24, 2.45) is 0 Å². The Hall–Kier alpha value is -1.32. The molecule has 100 valence electrons. The summed E-state index contributed by atoms with van der Waals surface area (Å²) in [4.78, 5) is 6.02. The standard InChI is InChI=1S/C16H20N2O/c1-2-6-18-7-8-19-16-12-10-17-13-5-3-4-11(15(12)13)9-14(16)18/h3-5,10,14,16-17H,2,6-9H2,1H3/t14-,16-/m1/s1. The van der Waals surface area contributed by atoms with Crippen molar-refractivity contribution in [3.63, 3.8) is 0 Å². The van der Waals surface area contributed by atoms with Crippen LogP contribution in [0.5, 0.6) is 0 Å². The number of benzene rings is 1. The number of rotatable bonds is 2. The lowest BCUT2D eigenvalue weighted by atomic mass is 9.85. The van der Waals surface area contributed by atoms with E-state index in [0.717, 1.165) is 19.6 Å². The van der Waals surface area contributed by atoms with Gasteiger partial charge in [-0.3, -0.25) is 4.90 Å². The van der Waals surface area contributed by atoms with Gasteiger partial charge in [0.2, 0.25) is 0 Å². The van der Waals surface area contributed by atoms with Gasteiger partial charge in [0.25, 0.3) is 0 Å². The molecule has 2 atom stereocenters.